The molecule has 1 saturated heterocycles. The number of nitriles is 1. The predicted molar refractivity (Wildman–Crippen MR) is 123 cm³/mol. The number of anilines is 1. The summed E-state index contributed by atoms with van der Waals surface area (Å²) in [7, 11) is 1.62. The molecule has 4 aromatic rings. The Labute approximate surface area is 184 Å². The van der Waals surface area contributed by atoms with Crippen molar-refractivity contribution in [2.45, 2.75) is 18.5 Å². The Morgan fingerprint density at radius 3 is 2.69 bits per heavy atom. The molecule has 0 spiro atoms. The Bertz CT molecular complexity index is 1380. The number of rotatable bonds is 3. The van der Waals surface area contributed by atoms with E-state index in [4.69, 9.17) is 5.26 Å². The van der Waals surface area contributed by atoms with Gasteiger partial charge >= 0.3 is 0 Å². The minimum Gasteiger partial charge on any atom is -0.370 e. The summed E-state index contributed by atoms with van der Waals surface area (Å²) in [4.78, 5) is 21.9. The Balaban J connectivity index is 1.60. The highest BCUT2D eigenvalue weighted by Gasteiger charge is 2.35. The molecule has 6 nitrogen and oxygen atoms in total. The normalized spacial score (nSPS) is 15.6. The summed E-state index contributed by atoms with van der Waals surface area (Å²) >= 11 is 0. The Kier molecular flexibility index (Phi) is 4.78. The minimum absolute atomic E-state index is 0.119. The summed E-state index contributed by atoms with van der Waals surface area (Å²) in [6, 6.07) is 15.5. The molecule has 1 aliphatic rings. The van der Waals surface area contributed by atoms with Gasteiger partial charge in [-0.1, -0.05) is 18.2 Å². The third-order valence-corrected chi connectivity index (χ3v) is 6.27. The van der Waals surface area contributed by atoms with E-state index in [1.54, 1.807) is 7.05 Å². The number of carbonyl (C=O) groups excluding carboxylic acids is 1. The second kappa shape index (κ2) is 7.65. The molecule has 7 heteroatoms. The van der Waals surface area contributed by atoms with E-state index in [0.29, 0.717) is 18.7 Å². The number of nitrogens with one attached hydrogen (secondary N) is 2. The van der Waals surface area contributed by atoms with Crippen LogP contribution in [0.4, 0.5) is 10.1 Å². The van der Waals surface area contributed by atoms with Gasteiger partial charge in [-0.15, -0.1) is 0 Å². The lowest BCUT2D eigenvalue weighted by Gasteiger charge is -2.35. The number of fused-ring (bicyclic) bond motifs is 2. The lowest BCUT2D eigenvalue weighted by molar-refractivity contribution is 0.0963. The first-order valence-corrected chi connectivity index (χ1v) is 10.6. The lowest BCUT2D eigenvalue weighted by atomic mass is 9.93. The topological polar surface area (TPSA) is 84.8 Å². The van der Waals surface area contributed by atoms with Crippen LogP contribution in [0.15, 0.2) is 54.9 Å². The first-order valence-electron chi connectivity index (χ1n) is 10.6. The van der Waals surface area contributed by atoms with Crippen molar-refractivity contribution in [3.8, 4) is 17.2 Å². The molecule has 1 fully saturated rings. The van der Waals surface area contributed by atoms with Crippen LogP contribution in [0, 0.1) is 11.3 Å². The average Bonchev–Trinajstić information content (AvgIpc) is 3.32. The van der Waals surface area contributed by atoms with Gasteiger partial charge in [0.1, 0.15) is 11.7 Å². The first kappa shape index (κ1) is 20.0. The molecule has 2 aromatic heterocycles. The second-order valence-corrected chi connectivity index (χ2v) is 8.18. The molecule has 0 aliphatic carbocycles. The summed E-state index contributed by atoms with van der Waals surface area (Å²) < 4.78 is 14.5. The maximum Gasteiger partial charge on any atom is 0.251 e. The van der Waals surface area contributed by atoms with Crippen molar-refractivity contribution in [3.05, 3.63) is 60.4 Å². The van der Waals surface area contributed by atoms with Gasteiger partial charge in [0, 0.05) is 61.9 Å². The number of pyridine rings is 1. The molecule has 32 heavy (non-hydrogen) atoms. The van der Waals surface area contributed by atoms with E-state index in [0.717, 1.165) is 38.6 Å². The van der Waals surface area contributed by atoms with Gasteiger partial charge in [0.15, 0.2) is 5.67 Å². The van der Waals surface area contributed by atoms with Crippen LogP contribution >= 0.6 is 0 Å². The van der Waals surface area contributed by atoms with Crippen molar-refractivity contribution < 1.29 is 9.18 Å². The largest absolute Gasteiger partial charge is 0.370 e. The zero-order chi connectivity index (χ0) is 22.3. The fraction of sp³-hybridized carbons (Fsp3) is 0.240. The van der Waals surface area contributed by atoms with Crippen LogP contribution in [0.5, 0.6) is 0 Å². The summed E-state index contributed by atoms with van der Waals surface area (Å²) in [6.07, 6.45) is 4.05. The smallest absolute Gasteiger partial charge is 0.251 e. The number of aromatic amines is 1. The number of amides is 1. The molecule has 1 amide bonds. The van der Waals surface area contributed by atoms with Crippen LogP contribution in [0.1, 0.15) is 23.2 Å². The highest BCUT2D eigenvalue weighted by atomic mass is 19.1. The van der Waals surface area contributed by atoms with Crippen LogP contribution in [-0.2, 0) is 0 Å². The Morgan fingerprint density at radius 2 is 1.94 bits per heavy atom. The van der Waals surface area contributed by atoms with Crippen molar-refractivity contribution in [2.24, 2.45) is 0 Å². The van der Waals surface area contributed by atoms with Crippen LogP contribution in [-0.4, -0.2) is 41.7 Å². The van der Waals surface area contributed by atoms with E-state index in [9.17, 15) is 9.18 Å². The lowest BCUT2D eigenvalue weighted by Crippen LogP contribution is -2.41. The quantitative estimate of drug-likeness (QED) is 0.501. The fourth-order valence-electron chi connectivity index (χ4n) is 4.44. The summed E-state index contributed by atoms with van der Waals surface area (Å²) in [6.45, 7) is 0.925. The zero-order valence-electron chi connectivity index (χ0n) is 17.7. The Morgan fingerprint density at radius 1 is 1.19 bits per heavy atom. The van der Waals surface area contributed by atoms with Crippen molar-refractivity contribution >= 4 is 33.4 Å². The molecule has 3 heterocycles. The van der Waals surface area contributed by atoms with Gasteiger partial charge in [-0.05, 0) is 40.6 Å². The van der Waals surface area contributed by atoms with E-state index in [-0.39, 0.29) is 18.7 Å². The van der Waals surface area contributed by atoms with Gasteiger partial charge in [-0.3, -0.25) is 4.79 Å². The molecule has 1 aliphatic heterocycles. The van der Waals surface area contributed by atoms with Crippen molar-refractivity contribution in [1.29, 1.82) is 5.26 Å². The fourth-order valence-corrected chi connectivity index (χ4v) is 4.44. The number of aromatic nitrogens is 2. The van der Waals surface area contributed by atoms with Gasteiger partial charge in [0.05, 0.1) is 5.69 Å². The highest BCUT2D eigenvalue weighted by molar-refractivity contribution is 6.02. The zero-order valence-corrected chi connectivity index (χ0v) is 17.7. The molecular weight excluding hydrogens is 405 g/mol. The molecule has 0 radical (unpaired) electrons. The van der Waals surface area contributed by atoms with Crippen molar-refractivity contribution in [2.75, 3.05) is 25.0 Å². The highest BCUT2D eigenvalue weighted by Crippen LogP contribution is 2.40. The third-order valence-electron chi connectivity index (χ3n) is 6.27. The summed E-state index contributed by atoms with van der Waals surface area (Å²) in [5.41, 5.74) is 2.58. The Hall–Kier alpha value is -3.92. The van der Waals surface area contributed by atoms with Gasteiger partial charge < -0.3 is 15.2 Å². The predicted octanol–water partition coefficient (Wildman–Crippen LogP) is 4.57. The van der Waals surface area contributed by atoms with Gasteiger partial charge in [0.25, 0.3) is 5.91 Å². The number of alkyl halides is 1. The standard InChI is InChI=1S/C25H22FN5O/c1-28-24(32)19-5-3-16-12-18(4-2-17(16)13-19)21-14-30-23-20(6-9-29-23)22(21)31-10-7-25(26,15-27)8-11-31/h2-6,9,12-14H,7-8,10-11H2,1H3,(H,28,32)(H,29,30). The summed E-state index contributed by atoms with van der Waals surface area (Å²) in [5.74, 6) is -0.119. The van der Waals surface area contributed by atoms with Crippen molar-refractivity contribution in [1.82, 2.24) is 15.3 Å². The number of halogens is 1. The van der Waals surface area contributed by atoms with E-state index in [1.165, 1.54) is 0 Å². The number of hydrogen-bond acceptors (Lipinski definition) is 4. The molecule has 0 saturated carbocycles. The molecule has 160 valence electrons. The number of nitrogens with zero attached hydrogens (tertiary/aromatic N) is 3. The molecule has 0 bridgehead atoms. The molecule has 5 rings (SSSR count). The van der Waals surface area contributed by atoms with Gasteiger partial charge in [-0.2, -0.15) is 5.26 Å². The van der Waals surface area contributed by atoms with Crippen molar-refractivity contribution in [3.63, 3.8) is 0 Å². The van der Waals surface area contributed by atoms with Gasteiger partial charge in [0.2, 0.25) is 0 Å². The maximum atomic E-state index is 14.5. The monoisotopic (exact) mass is 427 g/mol. The van der Waals surface area contributed by atoms with Gasteiger partial charge in [-0.25, -0.2) is 9.37 Å². The number of H-pyrrole nitrogens is 1. The number of carbonyl (C=O) groups is 1. The van der Waals surface area contributed by atoms with E-state index >= 15 is 0 Å². The van der Waals surface area contributed by atoms with E-state index < -0.39 is 5.67 Å². The summed E-state index contributed by atoms with van der Waals surface area (Å²) in [5, 5.41) is 14.8. The second-order valence-electron chi connectivity index (χ2n) is 8.18. The van der Waals surface area contributed by atoms with Crippen LogP contribution in [0.25, 0.3) is 32.9 Å². The van der Waals surface area contributed by atoms with E-state index in [1.807, 2.05) is 54.9 Å². The SMILES string of the molecule is CNC(=O)c1ccc2cc(-c3cnc4[nH]ccc4c3N3CCC(F)(C#N)CC3)ccc2c1. The van der Waals surface area contributed by atoms with Crippen LogP contribution in [0.2, 0.25) is 0 Å². The number of benzene rings is 2. The molecular formula is C25H22FN5O. The molecule has 0 atom stereocenters. The molecule has 2 aromatic carbocycles. The third kappa shape index (κ3) is 3.34. The first-order chi connectivity index (χ1) is 15.5. The average molecular weight is 427 g/mol. The molecule has 2 N–H and O–H groups in total. The number of hydrogen-bond donors (Lipinski definition) is 2. The number of piperidine rings is 1. The van der Waals surface area contributed by atoms with E-state index in [2.05, 4.69) is 26.3 Å². The minimum atomic E-state index is -1.76. The van der Waals surface area contributed by atoms with Crippen LogP contribution in [0.3, 0.4) is 0 Å². The maximum absolute atomic E-state index is 14.5. The van der Waals surface area contributed by atoms with Crippen LogP contribution < -0.4 is 10.2 Å². The molecule has 0 unspecified atom stereocenters.